The first-order chi connectivity index (χ1) is 8.72. The number of hydrogen-bond donors (Lipinski definition) is 2. The molecular weight excluding hydrogens is 226 g/mol. The Morgan fingerprint density at radius 1 is 1.17 bits per heavy atom. The highest BCUT2D eigenvalue weighted by atomic mass is 16.3. The molecule has 1 heterocycles. The molecule has 0 radical (unpaired) electrons. The van der Waals surface area contributed by atoms with E-state index in [1.807, 2.05) is 43.3 Å². The first kappa shape index (κ1) is 10.7. The zero-order valence-electron chi connectivity index (χ0n) is 9.97. The van der Waals surface area contributed by atoms with E-state index in [9.17, 15) is 0 Å². The Bertz CT molecular complexity index is 703. The monoisotopic (exact) mass is 239 g/mol. The van der Waals surface area contributed by atoms with Gasteiger partial charge in [-0.2, -0.15) is 0 Å². The molecule has 90 valence electrons. The molecule has 0 aliphatic carbocycles. The number of hydrogen-bond acceptors (Lipinski definition) is 4. The van der Waals surface area contributed by atoms with Crippen molar-refractivity contribution in [2.45, 2.75) is 6.92 Å². The van der Waals surface area contributed by atoms with E-state index >= 15 is 0 Å². The fraction of sp³-hybridized carbons (Fsp3) is 0.0714. The second-order valence-corrected chi connectivity index (χ2v) is 4.25. The van der Waals surface area contributed by atoms with Crippen molar-refractivity contribution in [1.29, 1.82) is 0 Å². The maximum atomic E-state index is 5.96. The molecule has 0 bridgehead atoms. The van der Waals surface area contributed by atoms with Gasteiger partial charge in [-0.25, -0.2) is 4.98 Å². The van der Waals surface area contributed by atoms with Crippen molar-refractivity contribution in [1.82, 2.24) is 4.98 Å². The average Bonchev–Trinajstić information content (AvgIpc) is 2.80. The summed E-state index contributed by atoms with van der Waals surface area (Å²) in [4.78, 5) is 4.08. The van der Waals surface area contributed by atoms with Gasteiger partial charge in [-0.1, -0.05) is 6.07 Å². The van der Waals surface area contributed by atoms with E-state index < -0.39 is 0 Å². The summed E-state index contributed by atoms with van der Waals surface area (Å²) in [5.74, 6) is 0. The van der Waals surface area contributed by atoms with E-state index in [-0.39, 0.29) is 0 Å². The summed E-state index contributed by atoms with van der Waals surface area (Å²) in [6.45, 7) is 2.01. The summed E-state index contributed by atoms with van der Waals surface area (Å²) in [7, 11) is 0. The highest BCUT2D eigenvalue weighted by Crippen LogP contribution is 2.26. The molecule has 4 heteroatoms. The third kappa shape index (κ3) is 1.88. The Labute approximate surface area is 104 Å². The van der Waals surface area contributed by atoms with Crippen molar-refractivity contribution in [3.05, 3.63) is 48.4 Å². The van der Waals surface area contributed by atoms with E-state index in [0.29, 0.717) is 0 Å². The molecule has 2 aromatic carbocycles. The lowest BCUT2D eigenvalue weighted by atomic mass is 10.2. The molecule has 0 spiro atoms. The molecule has 0 saturated carbocycles. The molecule has 3 rings (SSSR count). The van der Waals surface area contributed by atoms with Gasteiger partial charge < -0.3 is 15.5 Å². The Kier molecular flexibility index (Phi) is 2.41. The molecule has 4 nitrogen and oxygen atoms in total. The largest absolute Gasteiger partial charge is 0.443 e. The summed E-state index contributed by atoms with van der Waals surface area (Å²) in [5.41, 5.74) is 11.2. The summed E-state index contributed by atoms with van der Waals surface area (Å²) in [5, 5.41) is 3.27. The van der Waals surface area contributed by atoms with Crippen molar-refractivity contribution < 1.29 is 4.42 Å². The minimum absolute atomic E-state index is 0.729. The van der Waals surface area contributed by atoms with Gasteiger partial charge in [-0.15, -0.1) is 0 Å². The van der Waals surface area contributed by atoms with Gasteiger partial charge in [0.1, 0.15) is 5.52 Å². The van der Waals surface area contributed by atoms with Gasteiger partial charge in [0.15, 0.2) is 12.0 Å². The number of benzene rings is 2. The highest BCUT2D eigenvalue weighted by Gasteiger charge is 2.03. The molecule has 3 aromatic rings. The van der Waals surface area contributed by atoms with Crippen molar-refractivity contribution in [2.75, 3.05) is 11.1 Å². The number of nitrogen functional groups attached to an aromatic ring is 1. The number of aryl methyl sites for hydroxylation is 1. The topological polar surface area (TPSA) is 64.1 Å². The molecule has 0 aliphatic heterocycles. The van der Waals surface area contributed by atoms with Crippen molar-refractivity contribution in [3.8, 4) is 0 Å². The first-order valence-corrected chi connectivity index (χ1v) is 5.69. The summed E-state index contributed by atoms with van der Waals surface area (Å²) < 4.78 is 5.26. The Balaban J connectivity index is 1.95. The lowest BCUT2D eigenvalue weighted by Crippen LogP contribution is -1.96. The standard InChI is InChI=1S/C14H13N3O/c1-9-2-4-12(11(15)6-9)17-10-3-5-13-14(7-10)18-8-16-13/h2-8,17H,15H2,1H3. The van der Waals surface area contributed by atoms with Crippen LogP contribution in [0, 0.1) is 6.92 Å². The van der Waals surface area contributed by atoms with Crippen LogP contribution in [0.3, 0.4) is 0 Å². The summed E-state index contributed by atoms with van der Waals surface area (Å²) in [6, 6.07) is 11.7. The van der Waals surface area contributed by atoms with Gasteiger partial charge in [0, 0.05) is 11.8 Å². The molecule has 0 aliphatic rings. The second kappa shape index (κ2) is 4.07. The Morgan fingerprint density at radius 2 is 2.06 bits per heavy atom. The maximum absolute atomic E-state index is 5.96. The molecular formula is C14H13N3O. The zero-order valence-corrected chi connectivity index (χ0v) is 9.97. The van der Waals surface area contributed by atoms with Gasteiger partial charge in [0.2, 0.25) is 0 Å². The number of nitrogens with one attached hydrogen (secondary N) is 1. The number of rotatable bonds is 2. The third-order valence-corrected chi connectivity index (χ3v) is 2.82. The van der Waals surface area contributed by atoms with Crippen LogP contribution in [0.15, 0.2) is 47.2 Å². The van der Waals surface area contributed by atoms with Crippen LogP contribution >= 0.6 is 0 Å². The highest BCUT2D eigenvalue weighted by molar-refractivity contribution is 5.80. The van der Waals surface area contributed by atoms with E-state index in [1.54, 1.807) is 0 Å². The van der Waals surface area contributed by atoms with Gasteiger partial charge in [0.25, 0.3) is 0 Å². The minimum atomic E-state index is 0.729. The van der Waals surface area contributed by atoms with Crippen LogP contribution < -0.4 is 11.1 Å². The molecule has 0 fully saturated rings. The third-order valence-electron chi connectivity index (χ3n) is 2.82. The number of aromatic nitrogens is 1. The summed E-state index contributed by atoms with van der Waals surface area (Å²) in [6.07, 6.45) is 1.44. The lowest BCUT2D eigenvalue weighted by Gasteiger charge is -2.09. The second-order valence-electron chi connectivity index (χ2n) is 4.25. The van der Waals surface area contributed by atoms with Crippen molar-refractivity contribution in [2.24, 2.45) is 0 Å². The van der Waals surface area contributed by atoms with Gasteiger partial charge >= 0.3 is 0 Å². The quantitative estimate of drug-likeness (QED) is 0.672. The smallest absolute Gasteiger partial charge is 0.181 e. The fourth-order valence-corrected chi connectivity index (χ4v) is 1.88. The number of anilines is 3. The predicted octanol–water partition coefficient (Wildman–Crippen LogP) is 3.46. The predicted molar refractivity (Wildman–Crippen MR) is 72.9 cm³/mol. The van der Waals surface area contributed by atoms with E-state index in [1.165, 1.54) is 6.39 Å². The number of nitrogens with zero attached hydrogens (tertiary/aromatic N) is 1. The molecule has 3 N–H and O–H groups in total. The Morgan fingerprint density at radius 3 is 2.89 bits per heavy atom. The van der Waals surface area contributed by atoms with Crippen molar-refractivity contribution in [3.63, 3.8) is 0 Å². The molecule has 0 atom stereocenters. The molecule has 0 unspecified atom stereocenters. The summed E-state index contributed by atoms with van der Waals surface area (Å²) >= 11 is 0. The lowest BCUT2D eigenvalue weighted by molar-refractivity contribution is 0.602. The average molecular weight is 239 g/mol. The molecule has 18 heavy (non-hydrogen) atoms. The normalized spacial score (nSPS) is 10.7. The van der Waals surface area contributed by atoms with Crippen LogP contribution in [-0.4, -0.2) is 4.98 Å². The van der Waals surface area contributed by atoms with Crippen LogP contribution in [0.1, 0.15) is 5.56 Å². The van der Waals surface area contributed by atoms with E-state index in [0.717, 1.165) is 33.7 Å². The SMILES string of the molecule is Cc1ccc(Nc2ccc3ncoc3c2)c(N)c1. The zero-order chi connectivity index (χ0) is 12.5. The molecule has 0 saturated heterocycles. The van der Waals surface area contributed by atoms with Crippen molar-refractivity contribution >= 4 is 28.2 Å². The minimum Gasteiger partial charge on any atom is -0.443 e. The van der Waals surface area contributed by atoms with Crippen LogP contribution in [0.25, 0.3) is 11.1 Å². The van der Waals surface area contributed by atoms with E-state index in [4.69, 9.17) is 10.2 Å². The van der Waals surface area contributed by atoms with Gasteiger partial charge in [0.05, 0.1) is 11.4 Å². The van der Waals surface area contributed by atoms with Gasteiger partial charge in [-0.3, -0.25) is 0 Å². The fourth-order valence-electron chi connectivity index (χ4n) is 1.88. The number of fused-ring (bicyclic) bond motifs is 1. The molecule has 1 aromatic heterocycles. The van der Waals surface area contributed by atoms with Crippen LogP contribution in [0.4, 0.5) is 17.1 Å². The van der Waals surface area contributed by atoms with Gasteiger partial charge in [-0.05, 0) is 36.8 Å². The Hall–Kier alpha value is -2.49. The maximum Gasteiger partial charge on any atom is 0.181 e. The van der Waals surface area contributed by atoms with Crippen LogP contribution in [0.5, 0.6) is 0 Å². The number of oxazole rings is 1. The first-order valence-electron chi connectivity index (χ1n) is 5.69. The molecule has 0 amide bonds. The number of nitrogens with two attached hydrogens (primary N) is 1. The van der Waals surface area contributed by atoms with Crippen LogP contribution in [0.2, 0.25) is 0 Å². The van der Waals surface area contributed by atoms with Crippen LogP contribution in [-0.2, 0) is 0 Å². The van der Waals surface area contributed by atoms with E-state index in [2.05, 4.69) is 10.3 Å².